The maximum atomic E-state index is 5.81. The quantitative estimate of drug-likeness (QED) is 0.877. The van der Waals surface area contributed by atoms with Crippen molar-refractivity contribution in [1.29, 1.82) is 0 Å². The molecular weight excluding hydrogens is 222 g/mol. The number of benzene rings is 1. The van der Waals surface area contributed by atoms with Gasteiger partial charge < -0.3 is 10.3 Å². The third-order valence-corrected chi connectivity index (χ3v) is 2.96. The van der Waals surface area contributed by atoms with Crippen LogP contribution in [-0.4, -0.2) is 15.6 Å². The highest BCUT2D eigenvalue weighted by atomic mass is 15.1. The zero-order valence-electron chi connectivity index (χ0n) is 11.1. The number of nitrogens with zero attached hydrogens (tertiary/aromatic N) is 2. The van der Waals surface area contributed by atoms with E-state index in [4.69, 9.17) is 5.73 Å². The summed E-state index contributed by atoms with van der Waals surface area (Å²) in [5, 5.41) is 0. The van der Waals surface area contributed by atoms with Gasteiger partial charge in [-0.2, -0.15) is 0 Å². The highest BCUT2D eigenvalue weighted by Crippen LogP contribution is 2.14. The van der Waals surface area contributed by atoms with E-state index in [9.17, 15) is 0 Å². The second kappa shape index (κ2) is 5.83. The van der Waals surface area contributed by atoms with Crippen LogP contribution in [0.15, 0.2) is 36.7 Å². The minimum atomic E-state index is 0.208. The molecule has 18 heavy (non-hydrogen) atoms. The van der Waals surface area contributed by atoms with Crippen LogP contribution in [0.5, 0.6) is 0 Å². The Morgan fingerprint density at radius 1 is 1.28 bits per heavy atom. The number of imidazole rings is 1. The summed E-state index contributed by atoms with van der Waals surface area (Å²) in [6.45, 7) is 4.20. The Bertz CT molecular complexity index is 483. The van der Waals surface area contributed by atoms with E-state index in [1.807, 2.05) is 19.3 Å². The summed E-state index contributed by atoms with van der Waals surface area (Å²) >= 11 is 0. The summed E-state index contributed by atoms with van der Waals surface area (Å²) in [4.78, 5) is 4.40. The molecule has 0 saturated carbocycles. The third-order valence-electron chi connectivity index (χ3n) is 2.96. The van der Waals surface area contributed by atoms with E-state index in [1.54, 1.807) is 0 Å². The van der Waals surface area contributed by atoms with Crippen LogP contribution in [0.2, 0.25) is 0 Å². The summed E-state index contributed by atoms with van der Waals surface area (Å²) in [7, 11) is 0. The second-order valence-corrected chi connectivity index (χ2v) is 4.81. The largest absolute Gasteiger partial charge is 0.328 e. The highest BCUT2D eigenvalue weighted by molar-refractivity contribution is 5.36. The third kappa shape index (κ3) is 2.99. The molecule has 2 rings (SSSR count). The number of hydrogen-bond acceptors (Lipinski definition) is 2. The van der Waals surface area contributed by atoms with Gasteiger partial charge in [0.25, 0.3) is 0 Å². The van der Waals surface area contributed by atoms with Crippen molar-refractivity contribution in [3.8, 4) is 5.69 Å². The van der Waals surface area contributed by atoms with Gasteiger partial charge in [0.2, 0.25) is 0 Å². The molecule has 96 valence electrons. The Kier molecular flexibility index (Phi) is 4.15. The van der Waals surface area contributed by atoms with Gasteiger partial charge in [-0.15, -0.1) is 0 Å². The first-order valence-electron chi connectivity index (χ1n) is 6.58. The van der Waals surface area contributed by atoms with Gasteiger partial charge in [0.15, 0.2) is 0 Å². The smallest absolute Gasteiger partial charge is 0.113 e. The lowest BCUT2D eigenvalue weighted by Gasteiger charge is -2.09. The minimum absolute atomic E-state index is 0.208. The molecule has 1 unspecified atom stereocenters. The molecule has 2 aromatic rings. The van der Waals surface area contributed by atoms with E-state index in [-0.39, 0.29) is 6.04 Å². The molecule has 0 aliphatic heterocycles. The molecule has 0 saturated heterocycles. The Morgan fingerprint density at radius 2 is 2.00 bits per heavy atom. The molecule has 0 bridgehead atoms. The standard InChI is InChI=1S/C15H21N3/c1-3-4-15-17-9-10-18(15)14-7-5-13(6-8-14)11-12(2)16/h5-10,12H,3-4,11,16H2,1-2H3. The highest BCUT2D eigenvalue weighted by Gasteiger charge is 2.04. The first-order valence-corrected chi connectivity index (χ1v) is 6.58. The predicted molar refractivity (Wildman–Crippen MR) is 74.9 cm³/mol. The minimum Gasteiger partial charge on any atom is -0.328 e. The van der Waals surface area contributed by atoms with Gasteiger partial charge >= 0.3 is 0 Å². The van der Waals surface area contributed by atoms with E-state index in [0.717, 1.165) is 25.1 Å². The summed E-state index contributed by atoms with van der Waals surface area (Å²) in [6.07, 6.45) is 6.92. The fourth-order valence-electron chi connectivity index (χ4n) is 2.14. The molecule has 0 aliphatic rings. The lowest BCUT2D eigenvalue weighted by Crippen LogP contribution is -2.17. The van der Waals surface area contributed by atoms with Crippen molar-refractivity contribution < 1.29 is 0 Å². The number of nitrogens with two attached hydrogens (primary N) is 1. The molecule has 0 amide bonds. The van der Waals surface area contributed by atoms with Crippen LogP contribution in [0.25, 0.3) is 5.69 Å². The Hall–Kier alpha value is -1.61. The summed E-state index contributed by atoms with van der Waals surface area (Å²) < 4.78 is 2.15. The zero-order chi connectivity index (χ0) is 13.0. The zero-order valence-corrected chi connectivity index (χ0v) is 11.1. The predicted octanol–water partition coefficient (Wildman–Crippen LogP) is 2.71. The summed E-state index contributed by atoms with van der Waals surface area (Å²) in [6, 6.07) is 8.78. The van der Waals surface area contributed by atoms with Crippen LogP contribution in [0.4, 0.5) is 0 Å². The molecule has 3 heteroatoms. The van der Waals surface area contributed by atoms with E-state index < -0.39 is 0 Å². The number of hydrogen-bond donors (Lipinski definition) is 1. The first-order chi connectivity index (χ1) is 8.70. The first kappa shape index (κ1) is 12.8. The molecule has 1 aromatic carbocycles. The van der Waals surface area contributed by atoms with Crippen LogP contribution in [0.1, 0.15) is 31.7 Å². The van der Waals surface area contributed by atoms with E-state index in [0.29, 0.717) is 0 Å². The SMILES string of the molecule is CCCc1nccn1-c1ccc(CC(C)N)cc1. The molecular formula is C15H21N3. The topological polar surface area (TPSA) is 43.8 Å². The number of aromatic nitrogens is 2. The second-order valence-electron chi connectivity index (χ2n) is 4.81. The molecule has 1 heterocycles. The lowest BCUT2D eigenvalue weighted by molar-refractivity contribution is 0.737. The molecule has 1 aromatic heterocycles. The summed E-state index contributed by atoms with van der Waals surface area (Å²) in [5.41, 5.74) is 8.26. The molecule has 2 N–H and O–H groups in total. The fraction of sp³-hybridized carbons (Fsp3) is 0.400. The molecule has 3 nitrogen and oxygen atoms in total. The average Bonchev–Trinajstić information content (AvgIpc) is 2.78. The molecule has 0 spiro atoms. The maximum absolute atomic E-state index is 5.81. The van der Waals surface area contributed by atoms with Gasteiger partial charge in [-0.1, -0.05) is 19.1 Å². The monoisotopic (exact) mass is 243 g/mol. The van der Waals surface area contributed by atoms with Crippen molar-refractivity contribution in [3.05, 3.63) is 48.0 Å². The van der Waals surface area contributed by atoms with E-state index in [1.165, 1.54) is 11.3 Å². The van der Waals surface area contributed by atoms with Gasteiger partial charge in [-0.25, -0.2) is 4.98 Å². The van der Waals surface area contributed by atoms with E-state index in [2.05, 4.69) is 40.7 Å². The van der Waals surface area contributed by atoms with Crippen molar-refractivity contribution in [2.45, 2.75) is 39.2 Å². The average molecular weight is 243 g/mol. The van der Waals surface area contributed by atoms with Crippen LogP contribution >= 0.6 is 0 Å². The van der Waals surface area contributed by atoms with Crippen molar-refractivity contribution in [2.75, 3.05) is 0 Å². The Labute approximate surface area is 109 Å². The number of aryl methyl sites for hydroxylation is 1. The molecule has 0 aliphatic carbocycles. The van der Waals surface area contributed by atoms with Crippen molar-refractivity contribution in [3.63, 3.8) is 0 Å². The normalized spacial score (nSPS) is 12.6. The van der Waals surface area contributed by atoms with Gasteiger partial charge in [0.1, 0.15) is 5.82 Å². The van der Waals surface area contributed by atoms with E-state index >= 15 is 0 Å². The molecule has 0 fully saturated rings. The van der Waals surface area contributed by atoms with Gasteiger partial charge in [0, 0.05) is 30.5 Å². The Balaban J connectivity index is 2.20. The number of rotatable bonds is 5. The van der Waals surface area contributed by atoms with Gasteiger partial charge in [-0.3, -0.25) is 0 Å². The van der Waals surface area contributed by atoms with Crippen LogP contribution in [0, 0.1) is 0 Å². The van der Waals surface area contributed by atoms with Crippen molar-refractivity contribution >= 4 is 0 Å². The van der Waals surface area contributed by atoms with Crippen molar-refractivity contribution in [2.24, 2.45) is 5.73 Å². The van der Waals surface area contributed by atoms with Gasteiger partial charge in [0.05, 0.1) is 0 Å². The fourth-order valence-corrected chi connectivity index (χ4v) is 2.14. The summed E-state index contributed by atoms with van der Waals surface area (Å²) in [5.74, 6) is 1.12. The van der Waals surface area contributed by atoms with Crippen molar-refractivity contribution in [1.82, 2.24) is 9.55 Å². The van der Waals surface area contributed by atoms with Crippen LogP contribution in [0.3, 0.4) is 0 Å². The lowest BCUT2D eigenvalue weighted by atomic mass is 10.1. The molecule has 0 radical (unpaired) electrons. The maximum Gasteiger partial charge on any atom is 0.113 e. The van der Waals surface area contributed by atoms with Gasteiger partial charge in [-0.05, 0) is 37.5 Å². The Morgan fingerprint density at radius 3 is 2.61 bits per heavy atom. The molecule has 1 atom stereocenters. The van der Waals surface area contributed by atoms with Crippen LogP contribution < -0.4 is 5.73 Å². The van der Waals surface area contributed by atoms with Crippen LogP contribution in [-0.2, 0) is 12.8 Å².